The lowest BCUT2D eigenvalue weighted by atomic mass is 9.88. The van der Waals surface area contributed by atoms with E-state index in [0.717, 1.165) is 19.3 Å². The molecule has 0 spiro atoms. The van der Waals surface area contributed by atoms with Gasteiger partial charge in [-0.3, -0.25) is 0 Å². The lowest BCUT2D eigenvalue weighted by Gasteiger charge is -2.37. The van der Waals surface area contributed by atoms with Crippen LogP contribution >= 0.6 is 17.1 Å². The van der Waals surface area contributed by atoms with Crippen molar-refractivity contribution < 1.29 is 9.79 Å². The van der Waals surface area contributed by atoms with Crippen LogP contribution in [0.3, 0.4) is 0 Å². The Morgan fingerprint density at radius 2 is 1.86 bits per heavy atom. The van der Waals surface area contributed by atoms with E-state index in [1.165, 1.54) is 11.4 Å². The zero-order chi connectivity index (χ0) is 11.4. The number of hydrogen-bond donors (Lipinski definition) is 2. The van der Waals surface area contributed by atoms with Crippen LogP contribution in [0.5, 0.6) is 0 Å². The van der Waals surface area contributed by atoms with Gasteiger partial charge >= 0.3 is 0 Å². The summed E-state index contributed by atoms with van der Waals surface area (Å²) in [5.74, 6) is 0.416. The maximum atomic E-state index is 9.40. The summed E-state index contributed by atoms with van der Waals surface area (Å²) in [4.78, 5) is 18.8. The molecule has 2 nitrogen and oxygen atoms in total. The number of rotatable bonds is 6. The summed E-state index contributed by atoms with van der Waals surface area (Å²) in [5, 5.41) is 0. The van der Waals surface area contributed by atoms with Crippen molar-refractivity contribution in [2.45, 2.75) is 51.7 Å². The third-order valence-electron chi connectivity index (χ3n) is 2.62. The van der Waals surface area contributed by atoms with Crippen molar-refractivity contribution in [2.75, 3.05) is 0 Å². The molecule has 0 bridgehead atoms. The maximum absolute atomic E-state index is 9.40. The molecule has 0 fully saturated rings. The maximum Gasteiger partial charge on any atom is 0.242 e. The van der Waals surface area contributed by atoms with Gasteiger partial charge < -0.3 is 9.79 Å². The van der Waals surface area contributed by atoms with Crippen molar-refractivity contribution in [3.63, 3.8) is 0 Å². The van der Waals surface area contributed by atoms with Gasteiger partial charge in [-0.15, -0.1) is 0 Å². The summed E-state index contributed by atoms with van der Waals surface area (Å²) in [6.45, 7) is 8.45. The van der Waals surface area contributed by atoms with Crippen LogP contribution in [0.4, 0.5) is 0 Å². The Labute approximate surface area is 96.4 Å². The third-order valence-corrected chi connectivity index (χ3v) is 6.67. The molecule has 0 rings (SSSR count). The van der Waals surface area contributed by atoms with Crippen molar-refractivity contribution in [1.82, 2.24) is 0 Å². The van der Waals surface area contributed by atoms with Crippen LogP contribution in [0, 0.1) is 5.92 Å². The van der Waals surface area contributed by atoms with E-state index in [2.05, 4.69) is 27.7 Å². The first-order chi connectivity index (χ1) is 6.27. The van der Waals surface area contributed by atoms with Crippen molar-refractivity contribution >= 4 is 28.9 Å². The van der Waals surface area contributed by atoms with Crippen LogP contribution in [0.25, 0.3) is 0 Å². The Bertz CT molecular complexity index is 215. The first kappa shape index (κ1) is 14.9. The quantitative estimate of drug-likeness (QED) is 0.713. The zero-order valence-corrected chi connectivity index (χ0v) is 11.9. The average Bonchev–Trinajstić information content (AvgIpc) is 2.00. The molecule has 0 radical (unpaired) electrons. The predicted molar refractivity (Wildman–Crippen MR) is 69.1 cm³/mol. The van der Waals surface area contributed by atoms with Gasteiger partial charge in [-0.25, -0.2) is 0 Å². The van der Waals surface area contributed by atoms with Crippen LogP contribution in [0.15, 0.2) is 0 Å². The van der Waals surface area contributed by atoms with E-state index in [1.807, 2.05) is 0 Å². The minimum absolute atomic E-state index is 0.0617. The second kappa shape index (κ2) is 5.86. The van der Waals surface area contributed by atoms with Crippen molar-refractivity contribution in [2.24, 2.45) is 5.92 Å². The Morgan fingerprint density at radius 3 is 2.07 bits per heavy atom. The van der Waals surface area contributed by atoms with E-state index < -0.39 is 5.69 Å². The Kier molecular flexibility index (Phi) is 6.24. The predicted octanol–water partition coefficient (Wildman–Crippen LogP) is 3.53. The van der Waals surface area contributed by atoms with Gasteiger partial charge in [-0.05, 0) is 30.6 Å². The van der Waals surface area contributed by atoms with Gasteiger partial charge in [-0.1, -0.05) is 45.5 Å². The number of hydrogen-bond acceptors (Lipinski definition) is 2. The average molecular weight is 256 g/mol. The molecular weight excluding hydrogens is 235 g/mol. The summed E-state index contributed by atoms with van der Waals surface area (Å²) in [6, 6.07) is 0. The minimum Gasteiger partial charge on any atom is -0.338 e. The minimum atomic E-state index is -3.14. The molecule has 0 aromatic rings. The molecule has 0 aliphatic carbocycles. The molecule has 86 valence electrons. The van der Waals surface area contributed by atoms with Gasteiger partial charge in [0.05, 0.1) is 0 Å². The fraction of sp³-hybridized carbons (Fsp3) is 1.00. The molecule has 0 aliphatic heterocycles. The van der Waals surface area contributed by atoms with E-state index in [9.17, 15) is 9.79 Å². The summed E-state index contributed by atoms with van der Waals surface area (Å²) in [6.07, 6.45) is 2.97. The second-order valence-electron chi connectivity index (χ2n) is 3.90. The molecular formula is C9H21O2PS2. The molecule has 0 saturated carbocycles. The highest BCUT2D eigenvalue weighted by atomic mass is 32.9. The second-order valence-corrected chi connectivity index (χ2v) is 10.2. The SMILES string of the molecule is CCCC(CC)(SP(O)(O)=S)C(C)C. The summed E-state index contributed by atoms with van der Waals surface area (Å²) < 4.78 is -0.0617. The molecule has 0 amide bonds. The summed E-state index contributed by atoms with van der Waals surface area (Å²) in [7, 11) is 0. The third kappa shape index (κ3) is 4.63. The molecule has 2 N–H and O–H groups in total. The molecule has 5 heteroatoms. The van der Waals surface area contributed by atoms with Crippen LogP contribution in [0.1, 0.15) is 47.0 Å². The summed E-state index contributed by atoms with van der Waals surface area (Å²) >= 11 is 5.94. The normalized spacial score (nSPS) is 17.1. The molecule has 0 aliphatic rings. The van der Waals surface area contributed by atoms with Gasteiger partial charge in [-0.2, -0.15) is 0 Å². The molecule has 0 aromatic carbocycles. The first-order valence-electron chi connectivity index (χ1n) is 5.03. The Hall–Kier alpha value is 0.920. The first-order valence-corrected chi connectivity index (χ1v) is 9.16. The highest BCUT2D eigenvalue weighted by Gasteiger charge is 2.36. The fourth-order valence-corrected chi connectivity index (χ4v) is 6.91. The molecule has 0 aromatic heterocycles. The Morgan fingerprint density at radius 1 is 1.36 bits per heavy atom. The van der Waals surface area contributed by atoms with Crippen molar-refractivity contribution in [1.29, 1.82) is 0 Å². The van der Waals surface area contributed by atoms with Crippen LogP contribution < -0.4 is 0 Å². The highest BCUT2D eigenvalue weighted by molar-refractivity contribution is 8.67. The van der Waals surface area contributed by atoms with Gasteiger partial charge in [0, 0.05) is 4.75 Å². The topological polar surface area (TPSA) is 40.5 Å². The molecule has 0 heterocycles. The van der Waals surface area contributed by atoms with Crippen LogP contribution in [-0.4, -0.2) is 14.5 Å². The van der Waals surface area contributed by atoms with Crippen molar-refractivity contribution in [3.8, 4) is 0 Å². The van der Waals surface area contributed by atoms with Gasteiger partial charge in [0.2, 0.25) is 5.69 Å². The van der Waals surface area contributed by atoms with Gasteiger partial charge in [0.1, 0.15) is 0 Å². The van der Waals surface area contributed by atoms with E-state index in [0.29, 0.717) is 5.92 Å². The zero-order valence-electron chi connectivity index (χ0n) is 9.36. The molecule has 0 saturated heterocycles. The molecule has 14 heavy (non-hydrogen) atoms. The lowest BCUT2D eigenvalue weighted by Crippen LogP contribution is -2.30. The lowest BCUT2D eigenvalue weighted by molar-refractivity contribution is 0.392. The van der Waals surface area contributed by atoms with E-state index in [1.54, 1.807) is 0 Å². The van der Waals surface area contributed by atoms with E-state index in [-0.39, 0.29) is 4.75 Å². The van der Waals surface area contributed by atoms with Crippen molar-refractivity contribution in [3.05, 3.63) is 0 Å². The van der Waals surface area contributed by atoms with Gasteiger partial charge in [0.25, 0.3) is 0 Å². The monoisotopic (exact) mass is 256 g/mol. The van der Waals surface area contributed by atoms with Gasteiger partial charge in [0.15, 0.2) is 0 Å². The fourth-order valence-electron chi connectivity index (χ4n) is 1.75. The molecule has 1 atom stereocenters. The summed E-state index contributed by atoms with van der Waals surface area (Å²) in [5.41, 5.74) is -3.14. The smallest absolute Gasteiger partial charge is 0.242 e. The van der Waals surface area contributed by atoms with Crippen LogP contribution in [0.2, 0.25) is 0 Å². The van der Waals surface area contributed by atoms with Crippen LogP contribution in [-0.2, 0) is 11.8 Å². The standard InChI is InChI=1S/C9H21O2PS2/c1-5-7-9(6-2,8(3)4)14-12(10,11)13/h8H,5-7H2,1-4H3,(H2,10,11,13). The van der Waals surface area contributed by atoms with E-state index >= 15 is 0 Å². The highest BCUT2D eigenvalue weighted by Crippen LogP contribution is 2.61. The molecule has 1 unspecified atom stereocenters. The Balaban J connectivity index is 4.76. The van der Waals surface area contributed by atoms with E-state index in [4.69, 9.17) is 11.8 Å². The largest absolute Gasteiger partial charge is 0.338 e.